The van der Waals surface area contributed by atoms with Crippen LogP contribution in [-0.4, -0.2) is 24.1 Å². The van der Waals surface area contributed by atoms with Gasteiger partial charge in [-0.05, 0) is 27.2 Å². The highest BCUT2D eigenvalue weighted by Gasteiger charge is 2.22. The number of carbonyl (C=O) groups excluding carboxylic acids is 2. The van der Waals surface area contributed by atoms with Crippen LogP contribution in [0, 0.1) is 5.92 Å². The van der Waals surface area contributed by atoms with Gasteiger partial charge in [-0.3, -0.25) is 4.79 Å². The van der Waals surface area contributed by atoms with E-state index < -0.39 is 12.1 Å². The summed E-state index contributed by atoms with van der Waals surface area (Å²) in [6, 6.07) is 0. The van der Waals surface area contributed by atoms with Crippen molar-refractivity contribution in [3.8, 4) is 0 Å². The predicted molar refractivity (Wildman–Crippen MR) is 56.2 cm³/mol. The van der Waals surface area contributed by atoms with E-state index in [-0.39, 0.29) is 18.0 Å². The lowest BCUT2D eigenvalue weighted by Gasteiger charge is -2.16. The van der Waals surface area contributed by atoms with E-state index in [0.717, 1.165) is 0 Å². The van der Waals surface area contributed by atoms with Gasteiger partial charge < -0.3 is 9.47 Å². The van der Waals surface area contributed by atoms with Crippen molar-refractivity contribution in [3.05, 3.63) is 0 Å². The van der Waals surface area contributed by atoms with E-state index in [1.165, 1.54) is 6.92 Å². The largest absolute Gasteiger partial charge is 0.460 e. The summed E-state index contributed by atoms with van der Waals surface area (Å²) in [7, 11) is 0. The lowest BCUT2D eigenvalue weighted by Crippen LogP contribution is -2.30. The van der Waals surface area contributed by atoms with Gasteiger partial charge in [0.15, 0.2) is 6.10 Å². The van der Waals surface area contributed by atoms with Crippen LogP contribution in [0.15, 0.2) is 0 Å². The Morgan fingerprint density at radius 1 is 1.00 bits per heavy atom. The van der Waals surface area contributed by atoms with Crippen LogP contribution in [0.3, 0.4) is 0 Å². The molecular formula is C11H20O4. The van der Waals surface area contributed by atoms with Gasteiger partial charge in [-0.25, -0.2) is 4.79 Å². The van der Waals surface area contributed by atoms with Crippen molar-refractivity contribution >= 4 is 11.9 Å². The average Bonchev–Trinajstić information content (AvgIpc) is 2.15. The molecule has 0 rings (SSSR count). The maximum Gasteiger partial charge on any atom is 0.347 e. The lowest BCUT2D eigenvalue weighted by atomic mass is 10.1. The van der Waals surface area contributed by atoms with Crippen molar-refractivity contribution in [2.45, 2.75) is 53.2 Å². The van der Waals surface area contributed by atoms with Crippen molar-refractivity contribution in [2.75, 3.05) is 0 Å². The monoisotopic (exact) mass is 216 g/mol. The standard InChI is InChI=1S/C11H20O4/c1-6-8(4)10(12)15-9(5)11(13)14-7(2)3/h7-9H,6H2,1-5H3. The molecule has 0 aliphatic carbocycles. The van der Waals surface area contributed by atoms with E-state index in [2.05, 4.69) is 0 Å². The molecule has 2 unspecified atom stereocenters. The molecule has 0 aromatic rings. The van der Waals surface area contributed by atoms with Gasteiger partial charge in [-0.1, -0.05) is 13.8 Å². The summed E-state index contributed by atoms with van der Waals surface area (Å²) in [5.41, 5.74) is 0. The SMILES string of the molecule is CCC(C)C(=O)OC(C)C(=O)OC(C)C. The minimum atomic E-state index is -0.825. The number of ether oxygens (including phenoxy) is 2. The van der Waals surface area contributed by atoms with E-state index in [1.54, 1.807) is 20.8 Å². The molecule has 0 aliphatic heterocycles. The first-order valence-electron chi connectivity index (χ1n) is 5.29. The second-order valence-corrected chi connectivity index (χ2v) is 3.87. The Kier molecular flexibility index (Phi) is 5.97. The molecular weight excluding hydrogens is 196 g/mol. The number of esters is 2. The summed E-state index contributed by atoms with van der Waals surface area (Å²) in [5.74, 6) is -1.04. The summed E-state index contributed by atoms with van der Waals surface area (Å²) in [4.78, 5) is 22.6. The van der Waals surface area contributed by atoms with Crippen LogP contribution in [0.4, 0.5) is 0 Å². The number of hydrogen-bond acceptors (Lipinski definition) is 4. The lowest BCUT2D eigenvalue weighted by molar-refractivity contribution is -0.171. The van der Waals surface area contributed by atoms with Gasteiger partial charge in [0.2, 0.25) is 0 Å². The molecule has 0 amide bonds. The summed E-state index contributed by atoms with van der Waals surface area (Å²) in [6.07, 6.45) is -0.318. The normalized spacial score (nSPS) is 14.5. The van der Waals surface area contributed by atoms with Gasteiger partial charge in [0.1, 0.15) is 0 Å². The first-order chi connectivity index (χ1) is 6.88. The second-order valence-electron chi connectivity index (χ2n) is 3.87. The Balaban J connectivity index is 4.07. The van der Waals surface area contributed by atoms with Crippen molar-refractivity contribution in [1.29, 1.82) is 0 Å². The molecule has 0 spiro atoms. The maximum absolute atomic E-state index is 11.3. The number of hydrogen-bond donors (Lipinski definition) is 0. The first kappa shape index (κ1) is 13.9. The van der Waals surface area contributed by atoms with Gasteiger partial charge in [0, 0.05) is 0 Å². The Morgan fingerprint density at radius 2 is 1.53 bits per heavy atom. The fourth-order valence-corrected chi connectivity index (χ4v) is 0.833. The zero-order chi connectivity index (χ0) is 12.0. The van der Waals surface area contributed by atoms with Crippen LogP contribution < -0.4 is 0 Å². The quantitative estimate of drug-likeness (QED) is 0.659. The van der Waals surface area contributed by atoms with Gasteiger partial charge in [-0.15, -0.1) is 0 Å². The van der Waals surface area contributed by atoms with Crippen molar-refractivity contribution in [3.63, 3.8) is 0 Å². The minimum Gasteiger partial charge on any atom is -0.460 e. The first-order valence-corrected chi connectivity index (χ1v) is 5.29. The fraction of sp³-hybridized carbons (Fsp3) is 0.818. The molecule has 88 valence electrons. The van der Waals surface area contributed by atoms with Crippen LogP contribution in [0.1, 0.15) is 41.0 Å². The zero-order valence-electron chi connectivity index (χ0n) is 10.1. The van der Waals surface area contributed by atoms with Crippen LogP contribution in [0.2, 0.25) is 0 Å². The molecule has 0 fully saturated rings. The highest BCUT2D eigenvalue weighted by atomic mass is 16.6. The minimum absolute atomic E-state index is 0.181. The van der Waals surface area contributed by atoms with Gasteiger partial charge in [0.05, 0.1) is 12.0 Å². The Bertz CT molecular complexity index is 223. The Labute approximate surface area is 90.9 Å². The van der Waals surface area contributed by atoms with E-state index in [1.807, 2.05) is 6.92 Å². The maximum atomic E-state index is 11.3. The second kappa shape index (κ2) is 6.43. The van der Waals surface area contributed by atoms with Gasteiger partial charge in [0.25, 0.3) is 0 Å². The fourth-order valence-electron chi connectivity index (χ4n) is 0.833. The topological polar surface area (TPSA) is 52.6 Å². The number of rotatable bonds is 5. The Morgan fingerprint density at radius 3 is 1.93 bits per heavy atom. The van der Waals surface area contributed by atoms with E-state index in [0.29, 0.717) is 6.42 Å². The summed E-state index contributed by atoms with van der Waals surface area (Å²) < 4.78 is 9.86. The predicted octanol–water partition coefficient (Wildman–Crippen LogP) is 1.92. The van der Waals surface area contributed by atoms with E-state index in [9.17, 15) is 9.59 Å². The van der Waals surface area contributed by atoms with Crippen molar-refractivity contribution in [2.24, 2.45) is 5.92 Å². The van der Waals surface area contributed by atoms with Crippen LogP contribution in [-0.2, 0) is 19.1 Å². The molecule has 2 atom stereocenters. The van der Waals surface area contributed by atoms with E-state index >= 15 is 0 Å². The smallest absolute Gasteiger partial charge is 0.347 e. The average molecular weight is 216 g/mol. The molecule has 4 heteroatoms. The highest BCUT2D eigenvalue weighted by molar-refractivity contribution is 5.79. The van der Waals surface area contributed by atoms with E-state index in [4.69, 9.17) is 9.47 Å². The summed E-state index contributed by atoms with van der Waals surface area (Å²) in [6.45, 7) is 8.68. The molecule has 0 radical (unpaired) electrons. The molecule has 0 heterocycles. The third kappa shape index (κ3) is 5.40. The highest BCUT2D eigenvalue weighted by Crippen LogP contribution is 2.07. The summed E-state index contributed by atoms with van der Waals surface area (Å²) >= 11 is 0. The van der Waals surface area contributed by atoms with Crippen molar-refractivity contribution < 1.29 is 19.1 Å². The third-order valence-electron chi connectivity index (χ3n) is 1.99. The molecule has 4 nitrogen and oxygen atoms in total. The molecule has 0 saturated heterocycles. The molecule has 0 aliphatic rings. The van der Waals surface area contributed by atoms with Gasteiger partial charge >= 0.3 is 11.9 Å². The van der Waals surface area contributed by atoms with Crippen LogP contribution in [0.5, 0.6) is 0 Å². The van der Waals surface area contributed by atoms with Crippen LogP contribution in [0.25, 0.3) is 0 Å². The van der Waals surface area contributed by atoms with Gasteiger partial charge in [-0.2, -0.15) is 0 Å². The number of carbonyl (C=O) groups is 2. The molecule has 15 heavy (non-hydrogen) atoms. The van der Waals surface area contributed by atoms with Crippen molar-refractivity contribution in [1.82, 2.24) is 0 Å². The third-order valence-corrected chi connectivity index (χ3v) is 1.99. The molecule has 0 N–H and O–H groups in total. The molecule has 0 bridgehead atoms. The molecule has 0 saturated carbocycles. The van der Waals surface area contributed by atoms with Crippen LogP contribution >= 0.6 is 0 Å². The zero-order valence-corrected chi connectivity index (χ0v) is 10.1. The molecule has 0 aromatic heterocycles. The summed E-state index contributed by atoms with van der Waals surface area (Å²) in [5, 5.41) is 0. The molecule has 0 aromatic carbocycles. The Hall–Kier alpha value is -1.06.